The van der Waals surface area contributed by atoms with E-state index in [1.54, 1.807) is 11.4 Å². The van der Waals surface area contributed by atoms with E-state index in [0.29, 0.717) is 0 Å². The Kier molecular flexibility index (Phi) is 1.86. The standard InChI is InChI=1S/C5H8N2O/c8-5-6-7-3-1-2-4-7/h3H,1-2,4H2,(H,6,8). The Morgan fingerprint density at radius 2 is 2.62 bits per heavy atom. The lowest BCUT2D eigenvalue weighted by atomic mass is 10.4. The van der Waals surface area contributed by atoms with Crippen molar-refractivity contribution in [2.24, 2.45) is 0 Å². The zero-order valence-electron chi connectivity index (χ0n) is 4.55. The van der Waals surface area contributed by atoms with E-state index in [1.165, 1.54) is 0 Å². The summed E-state index contributed by atoms with van der Waals surface area (Å²) < 4.78 is 0. The van der Waals surface area contributed by atoms with Crippen molar-refractivity contribution in [1.29, 1.82) is 0 Å². The van der Waals surface area contributed by atoms with Crippen molar-refractivity contribution in [3.05, 3.63) is 6.54 Å². The second-order valence-electron chi connectivity index (χ2n) is 1.73. The molecule has 44 valence electrons. The highest BCUT2D eigenvalue weighted by atomic mass is 16.1. The van der Waals surface area contributed by atoms with Gasteiger partial charge in [-0.2, -0.15) is 0 Å². The van der Waals surface area contributed by atoms with Crippen LogP contribution in [0.4, 0.5) is 0 Å². The van der Waals surface area contributed by atoms with Crippen molar-refractivity contribution >= 4 is 6.41 Å². The fourth-order valence-corrected chi connectivity index (χ4v) is 0.760. The highest BCUT2D eigenvalue weighted by molar-refractivity contribution is 5.46. The van der Waals surface area contributed by atoms with Crippen molar-refractivity contribution in [3.63, 3.8) is 0 Å². The van der Waals surface area contributed by atoms with Crippen LogP contribution in [0.5, 0.6) is 0 Å². The molecular weight excluding hydrogens is 104 g/mol. The Morgan fingerprint density at radius 3 is 3.12 bits per heavy atom. The zero-order chi connectivity index (χ0) is 5.82. The van der Waals surface area contributed by atoms with E-state index in [4.69, 9.17) is 0 Å². The Hall–Kier alpha value is -0.570. The lowest BCUT2D eigenvalue weighted by Gasteiger charge is -2.08. The third-order valence-corrected chi connectivity index (χ3v) is 1.14. The average Bonchev–Trinajstić information content (AvgIpc) is 2.19. The number of rotatable bonds is 2. The first-order valence-corrected chi connectivity index (χ1v) is 2.66. The molecule has 0 aliphatic carbocycles. The molecule has 0 saturated carbocycles. The van der Waals surface area contributed by atoms with Gasteiger partial charge in [0.05, 0.1) is 0 Å². The van der Waals surface area contributed by atoms with E-state index in [2.05, 4.69) is 5.43 Å². The lowest BCUT2D eigenvalue weighted by Crippen LogP contribution is -2.31. The number of carbonyl (C=O) groups excluding carboxylic acids is 1. The van der Waals surface area contributed by atoms with Crippen LogP contribution < -0.4 is 5.43 Å². The molecule has 0 bridgehead atoms. The summed E-state index contributed by atoms with van der Waals surface area (Å²) in [6.45, 7) is 2.88. The number of amides is 1. The average molecular weight is 112 g/mol. The maximum atomic E-state index is 9.66. The molecule has 1 rings (SSSR count). The minimum Gasteiger partial charge on any atom is -0.280 e. The first-order valence-electron chi connectivity index (χ1n) is 2.66. The highest BCUT2D eigenvalue weighted by Gasteiger charge is 2.09. The van der Waals surface area contributed by atoms with Gasteiger partial charge in [-0.25, -0.2) is 5.01 Å². The van der Waals surface area contributed by atoms with Gasteiger partial charge in [0.1, 0.15) is 0 Å². The largest absolute Gasteiger partial charge is 0.324 e. The number of hydrogen-bond acceptors (Lipinski definition) is 2. The molecule has 1 N–H and O–H groups in total. The molecule has 8 heavy (non-hydrogen) atoms. The van der Waals surface area contributed by atoms with Gasteiger partial charge in [-0.05, 0) is 12.8 Å². The summed E-state index contributed by atoms with van der Waals surface area (Å²) in [7, 11) is 0. The maximum Gasteiger partial charge on any atom is 0.324 e. The predicted octanol–water partition coefficient (Wildman–Crippen LogP) is -0.184. The van der Waals surface area contributed by atoms with Crippen molar-refractivity contribution in [2.75, 3.05) is 6.54 Å². The fourth-order valence-electron chi connectivity index (χ4n) is 0.760. The summed E-state index contributed by atoms with van der Waals surface area (Å²) in [6, 6.07) is 0. The number of hydrazine groups is 1. The van der Waals surface area contributed by atoms with Crippen LogP contribution in [0.25, 0.3) is 0 Å². The van der Waals surface area contributed by atoms with Gasteiger partial charge in [0.15, 0.2) is 0 Å². The number of hydrogen-bond donors (Lipinski definition) is 1. The third kappa shape index (κ3) is 1.20. The van der Waals surface area contributed by atoms with E-state index in [0.717, 1.165) is 19.4 Å². The molecule has 3 nitrogen and oxygen atoms in total. The van der Waals surface area contributed by atoms with Crippen molar-refractivity contribution in [1.82, 2.24) is 10.4 Å². The summed E-state index contributed by atoms with van der Waals surface area (Å²) >= 11 is 0. The summed E-state index contributed by atoms with van der Waals surface area (Å²) in [5.74, 6) is 0. The van der Waals surface area contributed by atoms with Gasteiger partial charge < -0.3 is 0 Å². The van der Waals surface area contributed by atoms with Crippen molar-refractivity contribution in [3.8, 4) is 0 Å². The third-order valence-electron chi connectivity index (χ3n) is 1.14. The Balaban J connectivity index is 2.14. The molecule has 3 heteroatoms. The molecule has 2 radical (unpaired) electrons. The van der Waals surface area contributed by atoms with E-state index in [-0.39, 0.29) is 0 Å². The maximum absolute atomic E-state index is 9.66. The van der Waals surface area contributed by atoms with Crippen LogP contribution in [0.2, 0.25) is 0 Å². The first-order chi connectivity index (χ1) is 3.93. The van der Waals surface area contributed by atoms with Crippen LogP contribution in [0.15, 0.2) is 0 Å². The van der Waals surface area contributed by atoms with Crippen LogP contribution >= 0.6 is 0 Å². The molecule has 0 aromatic rings. The van der Waals surface area contributed by atoms with Gasteiger partial charge in [0.2, 0.25) is 0 Å². The molecule has 1 aliphatic heterocycles. The molecule has 1 saturated heterocycles. The highest BCUT2D eigenvalue weighted by Crippen LogP contribution is 2.07. The van der Waals surface area contributed by atoms with Gasteiger partial charge in [-0.3, -0.25) is 10.2 Å². The SMILES string of the molecule is O=[C]NN1[CH]CCC1. The quantitative estimate of drug-likeness (QED) is 0.502. The lowest BCUT2D eigenvalue weighted by molar-refractivity contribution is 0.329. The first kappa shape index (κ1) is 5.56. The van der Waals surface area contributed by atoms with Crippen LogP contribution in [-0.4, -0.2) is 18.0 Å². The van der Waals surface area contributed by atoms with Crippen LogP contribution in [0.3, 0.4) is 0 Å². The van der Waals surface area contributed by atoms with Gasteiger partial charge >= 0.3 is 6.41 Å². The molecule has 0 spiro atoms. The minimum atomic E-state index is 0.926. The van der Waals surface area contributed by atoms with Gasteiger partial charge in [0.25, 0.3) is 0 Å². The Bertz CT molecular complexity index is 78.5. The smallest absolute Gasteiger partial charge is 0.280 e. The van der Waals surface area contributed by atoms with E-state index in [9.17, 15) is 4.79 Å². The van der Waals surface area contributed by atoms with Crippen LogP contribution in [-0.2, 0) is 4.79 Å². The molecule has 1 heterocycles. The van der Waals surface area contributed by atoms with Crippen molar-refractivity contribution < 1.29 is 4.79 Å². The van der Waals surface area contributed by atoms with Gasteiger partial charge in [-0.1, -0.05) is 0 Å². The van der Waals surface area contributed by atoms with E-state index >= 15 is 0 Å². The van der Waals surface area contributed by atoms with Crippen LogP contribution in [0.1, 0.15) is 12.8 Å². The van der Waals surface area contributed by atoms with Gasteiger partial charge in [0, 0.05) is 13.1 Å². The molecule has 1 fully saturated rings. The molecule has 0 aromatic carbocycles. The molecule has 1 aliphatic rings. The number of nitrogens with zero attached hydrogens (tertiary/aromatic N) is 1. The topological polar surface area (TPSA) is 32.3 Å². The molecule has 0 unspecified atom stereocenters. The molecule has 0 aromatic heterocycles. The molecular formula is C5H8N2O. The second-order valence-corrected chi connectivity index (χ2v) is 1.73. The van der Waals surface area contributed by atoms with Crippen LogP contribution in [0, 0.1) is 6.54 Å². The minimum absolute atomic E-state index is 0.926. The summed E-state index contributed by atoms with van der Waals surface area (Å²) in [5, 5.41) is 1.74. The molecule has 1 amide bonds. The summed E-state index contributed by atoms with van der Waals surface area (Å²) in [4.78, 5) is 9.66. The number of nitrogens with one attached hydrogen (secondary N) is 1. The fraction of sp³-hybridized carbons (Fsp3) is 0.600. The van der Waals surface area contributed by atoms with E-state index < -0.39 is 0 Å². The van der Waals surface area contributed by atoms with Gasteiger partial charge in [-0.15, -0.1) is 0 Å². The van der Waals surface area contributed by atoms with E-state index in [1.807, 2.05) is 6.54 Å². The Morgan fingerprint density at radius 1 is 1.75 bits per heavy atom. The van der Waals surface area contributed by atoms with Crippen molar-refractivity contribution in [2.45, 2.75) is 12.8 Å². The zero-order valence-corrected chi connectivity index (χ0v) is 4.55. The monoisotopic (exact) mass is 112 g/mol. The normalized spacial score (nSPS) is 21.0. The summed E-state index contributed by atoms with van der Waals surface area (Å²) in [6.07, 6.45) is 3.80. The summed E-state index contributed by atoms with van der Waals surface area (Å²) in [5.41, 5.74) is 2.42. The Labute approximate surface area is 48.6 Å². The predicted molar refractivity (Wildman–Crippen MR) is 29.1 cm³/mol. The second kappa shape index (κ2) is 2.67. The molecule has 0 atom stereocenters.